The maximum atomic E-state index is 12.7. The first-order valence-electron chi connectivity index (χ1n) is 10.2. The van der Waals surface area contributed by atoms with E-state index in [0.717, 1.165) is 29.9 Å². The molecule has 0 aliphatic rings. The van der Waals surface area contributed by atoms with Gasteiger partial charge in [0.05, 0.1) is 18.0 Å². The maximum absolute atomic E-state index is 12.7. The van der Waals surface area contributed by atoms with E-state index in [1.54, 1.807) is 6.92 Å². The second-order valence-corrected chi connectivity index (χ2v) is 8.30. The number of fused-ring (bicyclic) bond motifs is 1. The highest BCUT2D eigenvalue weighted by atomic mass is 32.1. The summed E-state index contributed by atoms with van der Waals surface area (Å²) in [5, 5.41) is 11.0. The number of thiophene rings is 1. The van der Waals surface area contributed by atoms with Crippen LogP contribution in [0.25, 0.3) is 10.2 Å². The summed E-state index contributed by atoms with van der Waals surface area (Å²) in [4.78, 5) is 35.4. The molecule has 0 spiro atoms. The maximum Gasteiger partial charge on any atom is 0.348 e. The van der Waals surface area contributed by atoms with Crippen molar-refractivity contribution in [2.45, 2.75) is 32.9 Å². The minimum absolute atomic E-state index is 0.108. The van der Waals surface area contributed by atoms with Crippen molar-refractivity contribution < 1.29 is 14.6 Å². The molecular formula is C23H27N3O4S. The highest BCUT2D eigenvalue weighted by molar-refractivity contribution is 7.20. The van der Waals surface area contributed by atoms with E-state index >= 15 is 0 Å². The Morgan fingerprint density at radius 1 is 1.39 bits per heavy atom. The fourth-order valence-corrected chi connectivity index (χ4v) is 4.54. The zero-order valence-corrected chi connectivity index (χ0v) is 18.6. The van der Waals surface area contributed by atoms with Crippen molar-refractivity contribution in [2.75, 3.05) is 19.7 Å². The van der Waals surface area contributed by atoms with Gasteiger partial charge in [0.15, 0.2) is 0 Å². The van der Waals surface area contributed by atoms with Crippen LogP contribution in [0.5, 0.6) is 0 Å². The number of carbonyl (C=O) groups is 1. The number of nitrogens with zero attached hydrogens (tertiary/aromatic N) is 2. The van der Waals surface area contributed by atoms with Crippen LogP contribution in [0.1, 0.15) is 46.1 Å². The van der Waals surface area contributed by atoms with Crippen LogP contribution in [-0.2, 0) is 11.3 Å². The minimum Gasteiger partial charge on any atom is -0.457 e. The first kappa shape index (κ1) is 22.9. The molecule has 1 atom stereocenters. The largest absolute Gasteiger partial charge is 0.457 e. The smallest absolute Gasteiger partial charge is 0.348 e. The highest BCUT2D eigenvalue weighted by Gasteiger charge is 2.21. The summed E-state index contributed by atoms with van der Waals surface area (Å²) in [7, 11) is 0. The van der Waals surface area contributed by atoms with Gasteiger partial charge in [-0.05, 0) is 31.0 Å². The number of nitrogens with one attached hydrogen (secondary N) is 1. The molecule has 1 aromatic carbocycles. The second-order valence-electron chi connectivity index (χ2n) is 7.30. The van der Waals surface area contributed by atoms with Crippen LogP contribution in [0, 0.1) is 6.92 Å². The van der Waals surface area contributed by atoms with Crippen molar-refractivity contribution in [3.63, 3.8) is 0 Å². The number of esters is 1. The SMILES string of the molecule is C=CCOC(=O)c1sc2nc(CN(CCC)CC(O)c3ccccc3)[nH]c(=O)c2c1C. The molecule has 7 nitrogen and oxygen atoms in total. The van der Waals surface area contributed by atoms with Gasteiger partial charge in [-0.1, -0.05) is 49.9 Å². The van der Waals surface area contributed by atoms with Crippen molar-refractivity contribution >= 4 is 27.5 Å². The molecule has 0 saturated carbocycles. The lowest BCUT2D eigenvalue weighted by atomic mass is 10.1. The van der Waals surface area contributed by atoms with Gasteiger partial charge in [-0.3, -0.25) is 9.69 Å². The molecule has 0 bridgehead atoms. The summed E-state index contributed by atoms with van der Waals surface area (Å²) in [6.45, 7) is 8.97. The number of hydrogen-bond acceptors (Lipinski definition) is 7. The topological polar surface area (TPSA) is 95.5 Å². The number of ether oxygens (including phenoxy) is 1. The van der Waals surface area contributed by atoms with E-state index in [-0.39, 0.29) is 12.2 Å². The fraction of sp³-hybridized carbons (Fsp3) is 0.348. The van der Waals surface area contributed by atoms with Gasteiger partial charge in [-0.25, -0.2) is 9.78 Å². The molecule has 0 fully saturated rings. The molecule has 0 radical (unpaired) electrons. The summed E-state index contributed by atoms with van der Waals surface area (Å²) in [5.74, 6) is 0.0124. The van der Waals surface area contributed by atoms with Crippen LogP contribution in [0.3, 0.4) is 0 Å². The molecule has 0 saturated heterocycles. The molecular weight excluding hydrogens is 414 g/mol. The van der Waals surface area contributed by atoms with E-state index in [1.165, 1.54) is 6.08 Å². The van der Waals surface area contributed by atoms with Gasteiger partial charge in [0.2, 0.25) is 0 Å². The molecule has 0 aliphatic carbocycles. The normalized spacial score (nSPS) is 12.3. The first-order valence-corrected chi connectivity index (χ1v) is 11.0. The van der Waals surface area contributed by atoms with Gasteiger partial charge in [-0.2, -0.15) is 0 Å². The van der Waals surface area contributed by atoms with Gasteiger partial charge < -0.3 is 14.8 Å². The van der Waals surface area contributed by atoms with E-state index in [1.807, 2.05) is 30.3 Å². The Labute approximate surface area is 185 Å². The van der Waals surface area contributed by atoms with Crippen LogP contribution in [0.4, 0.5) is 0 Å². The molecule has 2 heterocycles. The van der Waals surface area contributed by atoms with Crippen molar-refractivity contribution in [3.8, 4) is 0 Å². The fourth-order valence-electron chi connectivity index (χ4n) is 3.45. The van der Waals surface area contributed by atoms with E-state index in [4.69, 9.17) is 4.74 Å². The summed E-state index contributed by atoms with van der Waals surface area (Å²) in [6.07, 6.45) is 1.75. The monoisotopic (exact) mass is 441 g/mol. The first-order chi connectivity index (χ1) is 14.9. The molecule has 31 heavy (non-hydrogen) atoms. The van der Waals surface area contributed by atoms with Gasteiger partial charge in [0.25, 0.3) is 5.56 Å². The lowest BCUT2D eigenvalue weighted by molar-refractivity contribution is 0.0554. The van der Waals surface area contributed by atoms with Crippen molar-refractivity contribution in [1.29, 1.82) is 0 Å². The summed E-state index contributed by atoms with van der Waals surface area (Å²) >= 11 is 1.15. The summed E-state index contributed by atoms with van der Waals surface area (Å²) < 4.78 is 5.12. The van der Waals surface area contributed by atoms with Gasteiger partial charge >= 0.3 is 5.97 Å². The quantitative estimate of drug-likeness (QED) is 0.369. The van der Waals surface area contributed by atoms with Gasteiger partial charge in [-0.15, -0.1) is 11.3 Å². The molecule has 8 heteroatoms. The Morgan fingerprint density at radius 3 is 2.81 bits per heavy atom. The van der Waals surface area contributed by atoms with Crippen LogP contribution >= 0.6 is 11.3 Å². The summed E-state index contributed by atoms with van der Waals surface area (Å²) in [5.41, 5.74) is 1.13. The number of aromatic amines is 1. The zero-order chi connectivity index (χ0) is 22.4. The number of aromatic nitrogens is 2. The van der Waals surface area contributed by atoms with E-state index < -0.39 is 12.1 Å². The third kappa shape index (κ3) is 5.46. The number of aliphatic hydroxyl groups excluding tert-OH is 1. The Balaban J connectivity index is 1.84. The molecule has 2 aromatic heterocycles. The molecule has 164 valence electrons. The molecule has 2 N–H and O–H groups in total. The van der Waals surface area contributed by atoms with Crippen LogP contribution in [0.15, 0.2) is 47.8 Å². The highest BCUT2D eigenvalue weighted by Crippen LogP contribution is 2.28. The number of benzene rings is 1. The minimum atomic E-state index is -0.640. The zero-order valence-electron chi connectivity index (χ0n) is 17.8. The summed E-state index contributed by atoms with van der Waals surface area (Å²) in [6, 6.07) is 9.48. The van der Waals surface area contributed by atoms with Crippen LogP contribution < -0.4 is 5.56 Å². The van der Waals surface area contributed by atoms with E-state index in [0.29, 0.717) is 39.6 Å². The second kappa shape index (κ2) is 10.5. The van der Waals surface area contributed by atoms with Crippen molar-refractivity contribution in [3.05, 3.63) is 75.2 Å². The van der Waals surface area contributed by atoms with Gasteiger partial charge in [0, 0.05) is 6.54 Å². The average Bonchev–Trinajstić information content (AvgIpc) is 3.09. The Kier molecular flexibility index (Phi) is 7.73. The van der Waals surface area contributed by atoms with Gasteiger partial charge in [0.1, 0.15) is 22.1 Å². The van der Waals surface area contributed by atoms with Crippen molar-refractivity contribution in [2.24, 2.45) is 0 Å². The molecule has 3 aromatic rings. The number of hydrogen-bond donors (Lipinski definition) is 2. The average molecular weight is 442 g/mol. The molecule has 0 amide bonds. The Bertz CT molecular complexity index is 1110. The molecule has 1 unspecified atom stereocenters. The molecule has 0 aliphatic heterocycles. The van der Waals surface area contributed by atoms with Crippen molar-refractivity contribution in [1.82, 2.24) is 14.9 Å². The van der Waals surface area contributed by atoms with E-state index in [9.17, 15) is 14.7 Å². The third-order valence-electron chi connectivity index (χ3n) is 4.90. The Hall–Kier alpha value is -2.81. The van der Waals surface area contributed by atoms with E-state index in [2.05, 4.69) is 28.4 Å². The van der Waals surface area contributed by atoms with Crippen LogP contribution in [0.2, 0.25) is 0 Å². The predicted molar refractivity (Wildman–Crippen MR) is 122 cm³/mol. The number of carbonyl (C=O) groups excluding carboxylic acids is 1. The number of aliphatic hydroxyl groups is 1. The lowest BCUT2D eigenvalue weighted by Crippen LogP contribution is -2.30. The Morgan fingerprint density at radius 2 is 2.13 bits per heavy atom. The predicted octanol–water partition coefficient (Wildman–Crippen LogP) is 3.58. The number of H-pyrrole nitrogens is 1. The molecule has 3 rings (SSSR count). The third-order valence-corrected chi connectivity index (χ3v) is 6.06. The van der Waals surface area contributed by atoms with Crippen LogP contribution in [-0.4, -0.2) is 45.6 Å². The number of rotatable bonds is 10. The lowest BCUT2D eigenvalue weighted by Gasteiger charge is -2.24. The standard InChI is InChI=1S/C23H27N3O4S/c1-4-11-26(13-17(27)16-9-7-6-8-10-16)14-18-24-21(28)19-15(3)20(31-22(19)25-18)23(29)30-12-5-2/h5-10,17,27H,2,4,11-14H2,1,3H3,(H,24,25,28). The number of aryl methyl sites for hydroxylation is 1.